The number of hydrogen-bond acceptors (Lipinski definition) is 4. The summed E-state index contributed by atoms with van der Waals surface area (Å²) >= 11 is 5.60. The Labute approximate surface area is 148 Å². The minimum absolute atomic E-state index is 0.767. The molecule has 6 heteroatoms. The first-order valence-electron chi connectivity index (χ1n) is 8.69. The van der Waals surface area contributed by atoms with Crippen molar-refractivity contribution in [2.75, 3.05) is 20.2 Å². The van der Waals surface area contributed by atoms with Crippen LogP contribution in [0.15, 0.2) is 24.3 Å². The number of aromatic nitrogens is 3. The summed E-state index contributed by atoms with van der Waals surface area (Å²) in [5.74, 6) is 1.75. The molecule has 1 aromatic carbocycles. The molecule has 0 saturated carbocycles. The number of hydrogen-bond donors (Lipinski definition) is 0. The fraction of sp³-hybridized carbons (Fsp3) is 0.556. The van der Waals surface area contributed by atoms with E-state index in [1.54, 1.807) is 7.11 Å². The topological polar surface area (TPSA) is 35.2 Å². The molecule has 130 valence electrons. The average molecular weight is 346 g/mol. The lowest BCUT2D eigenvalue weighted by Gasteiger charge is -2.23. The van der Waals surface area contributed by atoms with Crippen molar-refractivity contribution in [2.24, 2.45) is 7.05 Å². The van der Waals surface area contributed by atoms with Crippen molar-refractivity contribution in [3.05, 3.63) is 29.0 Å². The van der Waals surface area contributed by atoms with E-state index in [1.807, 2.05) is 40.6 Å². The van der Waals surface area contributed by atoms with E-state index in [2.05, 4.69) is 4.90 Å². The first-order valence-corrected chi connectivity index (χ1v) is 9.10. The van der Waals surface area contributed by atoms with E-state index in [0.29, 0.717) is 0 Å². The van der Waals surface area contributed by atoms with E-state index in [9.17, 15) is 0 Å². The number of nitrogens with zero attached hydrogens (tertiary/aromatic N) is 4. The van der Waals surface area contributed by atoms with Crippen LogP contribution in [-0.4, -0.2) is 39.4 Å². The Bertz CT molecular complexity index is 712. The van der Waals surface area contributed by atoms with Crippen LogP contribution in [0.3, 0.4) is 0 Å². The Morgan fingerprint density at radius 1 is 1.04 bits per heavy atom. The van der Waals surface area contributed by atoms with Crippen LogP contribution in [-0.2, 0) is 13.7 Å². The number of rotatable bonds is 4. The monoisotopic (exact) mass is 346 g/mol. The molecule has 0 spiro atoms. The van der Waals surface area contributed by atoms with Crippen molar-refractivity contribution in [3.8, 4) is 17.1 Å². The van der Waals surface area contributed by atoms with Gasteiger partial charge >= 0.3 is 0 Å². The molecule has 0 bridgehead atoms. The van der Waals surface area contributed by atoms with Crippen molar-refractivity contribution < 1.29 is 4.74 Å². The molecule has 1 aromatic heterocycles. The van der Waals surface area contributed by atoms with Crippen molar-refractivity contribution in [3.63, 3.8) is 0 Å². The predicted octanol–water partition coefficient (Wildman–Crippen LogP) is 3.85. The highest BCUT2D eigenvalue weighted by molar-refractivity contribution is 7.71. The van der Waals surface area contributed by atoms with Crippen LogP contribution in [0.4, 0.5) is 0 Å². The SMILES string of the molecule is COc1ccc(-c2nn(CN3CCCCCCC3)c(=S)n2C)cc1. The Hall–Kier alpha value is -1.66. The summed E-state index contributed by atoms with van der Waals surface area (Å²) in [4.78, 5) is 2.47. The van der Waals surface area contributed by atoms with Crippen molar-refractivity contribution in [1.82, 2.24) is 19.2 Å². The summed E-state index contributed by atoms with van der Waals surface area (Å²) in [6, 6.07) is 7.96. The molecule has 5 nitrogen and oxygen atoms in total. The lowest BCUT2D eigenvalue weighted by molar-refractivity contribution is 0.188. The van der Waals surface area contributed by atoms with Crippen LogP contribution in [0.25, 0.3) is 11.4 Å². The largest absolute Gasteiger partial charge is 0.497 e. The van der Waals surface area contributed by atoms with Gasteiger partial charge in [-0.3, -0.25) is 4.90 Å². The third-order valence-corrected chi connectivity index (χ3v) is 5.16. The zero-order chi connectivity index (χ0) is 16.9. The average Bonchev–Trinajstić information content (AvgIpc) is 2.85. The second-order valence-electron chi connectivity index (χ2n) is 6.42. The molecule has 1 fully saturated rings. The van der Waals surface area contributed by atoms with Crippen LogP contribution in [0, 0.1) is 4.77 Å². The molecular formula is C18H26N4OS. The lowest BCUT2D eigenvalue weighted by atomic mass is 10.1. The van der Waals surface area contributed by atoms with Gasteiger partial charge in [-0.1, -0.05) is 19.3 Å². The molecule has 0 radical (unpaired) electrons. The summed E-state index contributed by atoms with van der Waals surface area (Å²) < 4.78 is 9.94. The number of likely N-dealkylation sites (tertiary alicyclic amines) is 1. The fourth-order valence-electron chi connectivity index (χ4n) is 3.22. The van der Waals surface area contributed by atoms with Crippen LogP contribution in [0.2, 0.25) is 0 Å². The molecule has 2 aromatic rings. The molecular weight excluding hydrogens is 320 g/mol. The Morgan fingerprint density at radius 2 is 1.67 bits per heavy atom. The molecule has 3 rings (SSSR count). The van der Waals surface area contributed by atoms with Gasteiger partial charge in [0, 0.05) is 12.6 Å². The number of ether oxygens (including phenoxy) is 1. The minimum atomic E-state index is 0.767. The maximum absolute atomic E-state index is 5.60. The normalized spacial score (nSPS) is 16.6. The van der Waals surface area contributed by atoms with Crippen molar-refractivity contribution >= 4 is 12.2 Å². The summed E-state index contributed by atoms with van der Waals surface area (Å²) in [5.41, 5.74) is 1.05. The van der Waals surface area contributed by atoms with Crippen LogP contribution in [0.1, 0.15) is 32.1 Å². The highest BCUT2D eigenvalue weighted by Gasteiger charge is 2.14. The van der Waals surface area contributed by atoms with E-state index in [-0.39, 0.29) is 0 Å². The lowest BCUT2D eigenvalue weighted by Crippen LogP contribution is -2.30. The second-order valence-corrected chi connectivity index (χ2v) is 6.79. The van der Waals surface area contributed by atoms with E-state index in [4.69, 9.17) is 22.1 Å². The molecule has 0 aliphatic carbocycles. The second kappa shape index (κ2) is 7.94. The van der Waals surface area contributed by atoms with Crippen LogP contribution >= 0.6 is 12.2 Å². The van der Waals surface area contributed by atoms with E-state index in [1.165, 1.54) is 32.1 Å². The quantitative estimate of drug-likeness (QED) is 0.788. The Kier molecular flexibility index (Phi) is 5.68. The Balaban J connectivity index is 1.80. The van der Waals surface area contributed by atoms with E-state index in [0.717, 1.165) is 41.7 Å². The standard InChI is InChI=1S/C18H26N4OS/c1-20-17(15-8-10-16(23-2)11-9-15)19-22(18(20)24)14-21-12-6-4-3-5-7-13-21/h8-11H,3-7,12-14H2,1-2H3. The zero-order valence-corrected chi connectivity index (χ0v) is 15.4. The predicted molar refractivity (Wildman–Crippen MR) is 98.7 cm³/mol. The maximum Gasteiger partial charge on any atom is 0.199 e. The molecule has 0 N–H and O–H groups in total. The maximum atomic E-state index is 5.60. The van der Waals surface area contributed by atoms with E-state index < -0.39 is 0 Å². The van der Waals surface area contributed by atoms with Gasteiger partial charge in [0.2, 0.25) is 0 Å². The number of methoxy groups -OCH3 is 1. The van der Waals surface area contributed by atoms with Crippen LogP contribution in [0.5, 0.6) is 5.75 Å². The molecule has 1 saturated heterocycles. The van der Waals surface area contributed by atoms with Crippen molar-refractivity contribution in [1.29, 1.82) is 0 Å². The fourth-order valence-corrected chi connectivity index (χ4v) is 3.40. The molecule has 1 aliphatic rings. The van der Waals surface area contributed by atoms with Gasteiger partial charge in [0.15, 0.2) is 10.6 Å². The highest BCUT2D eigenvalue weighted by Crippen LogP contribution is 2.21. The van der Waals surface area contributed by atoms with Gasteiger partial charge in [-0.15, -0.1) is 0 Å². The van der Waals surface area contributed by atoms with Gasteiger partial charge in [0.1, 0.15) is 5.75 Å². The summed E-state index contributed by atoms with van der Waals surface area (Å²) in [7, 11) is 3.66. The third-order valence-electron chi connectivity index (χ3n) is 4.67. The summed E-state index contributed by atoms with van der Waals surface area (Å²) in [6.07, 6.45) is 6.58. The molecule has 0 atom stereocenters. The first kappa shape index (κ1) is 17.2. The van der Waals surface area contributed by atoms with Crippen molar-refractivity contribution in [2.45, 2.75) is 38.8 Å². The smallest absolute Gasteiger partial charge is 0.199 e. The Morgan fingerprint density at radius 3 is 2.29 bits per heavy atom. The molecule has 0 amide bonds. The third kappa shape index (κ3) is 3.87. The highest BCUT2D eigenvalue weighted by atomic mass is 32.1. The summed E-state index contributed by atoms with van der Waals surface area (Å²) in [5, 5.41) is 4.78. The molecule has 1 aliphatic heterocycles. The summed E-state index contributed by atoms with van der Waals surface area (Å²) in [6.45, 7) is 3.05. The molecule has 24 heavy (non-hydrogen) atoms. The minimum Gasteiger partial charge on any atom is -0.497 e. The van der Waals surface area contributed by atoms with Gasteiger partial charge < -0.3 is 9.30 Å². The molecule has 0 unspecified atom stereocenters. The first-order chi connectivity index (χ1) is 11.7. The van der Waals surface area contributed by atoms with Crippen LogP contribution < -0.4 is 4.74 Å². The van der Waals surface area contributed by atoms with E-state index >= 15 is 0 Å². The zero-order valence-electron chi connectivity index (χ0n) is 14.6. The molecule has 2 heterocycles. The van der Waals surface area contributed by atoms with Gasteiger partial charge in [-0.25, -0.2) is 4.68 Å². The van der Waals surface area contributed by atoms with Gasteiger partial charge in [-0.05, 0) is 62.4 Å². The van der Waals surface area contributed by atoms with Gasteiger partial charge in [-0.2, -0.15) is 5.10 Å². The van der Waals surface area contributed by atoms with Gasteiger partial charge in [0.25, 0.3) is 0 Å². The number of benzene rings is 1. The van der Waals surface area contributed by atoms with Gasteiger partial charge in [0.05, 0.1) is 13.8 Å².